The van der Waals surface area contributed by atoms with Crippen LogP contribution in [0.5, 0.6) is 0 Å². The van der Waals surface area contributed by atoms with Crippen molar-refractivity contribution in [1.29, 1.82) is 0 Å². The van der Waals surface area contributed by atoms with Crippen LogP contribution in [0.3, 0.4) is 0 Å². The number of aliphatic hydroxyl groups excluding tert-OH is 4. The number of rotatable bonds is 24. The molecule has 0 bridgehead atoms. The molecule has 0 saturated heterocycles. The summed E-state index contributed by atoms with van der Waals surface area (Å²) in [4.78, 5) is 99.3. The summed E-state index contributed by atoms with van der Waals surface area (Å²) < 4.78 is 4.32. The fraction of sp³-hybridized carbons (Fsp3) is 0.577. The average Bonchev–Trinajstić information content (AvgIpc) is 3.23. The molecule has 0 radical (unpaired) electrons. The van der Waals surface area contributed by atoms with Crippen molar-refractivity contribution >= 4 is 151 Å². The molecular formula is C26H44CaN4Na2O22. The summed E-state index contributed by atoms with van der Waals surface area (Å²) in [6, 6.07) is 0. The van der Waals surface area contributed by atoms with E-state index in [-0.39, 0.29) is 123 Å². The second kappa shape index (κ2) is 33.7. The molecule has 0 unspecified atom stereocenters. The van der Waals surface area contributed by atoms with Crippen molar-refractivity contribution < 1.29 is 109 Å². The van der Waals surface area contributed by atoms with E-state index in [1.54, 1.807) is 0 Å². The number of hydrogen-bond acceptors (Lipinski definition) is 18. The van der Waals surface area contributed by atoms with Gasteiger partial charge in [-0.3, -0.25) is 58.0 Å². The van der Waals surface area contributed by atoms with Crippen LogP contribution in [-0.2, 0) is 47.9 Å². The van der Waals surface area contributed by atoms with Gasteiger partial charge >= 0.3 is 151 Å². The molecule has 29 heteroatoms. The maximum atomic E-state index is 10.6. The first kappa shape index (κ1) is 61.8. The van der Waals surface area contributed by atoms with Gasteiger partial charge in [0, 0.05) is 26.2 Å². The number of cyclic esters (lactones) is 1. The molecule has 12 N–H and O–H groups in total. The van der Waals surface area contributed by atoms with Crippen LogP contribution in [0.4, 0.5) is 0 Å². The molecule has 0 spiro atoms. The number of ether oxygens (including phenoxy) is 1. The number of aliphatic hydroxyl groups is 4. The molecule has 304 valence electrons. The molecule has 2 atom stereocenters. The van der Waals surface area contributed by atoms with Crippen molar-refractivity contribution in [2.24, 2.45) is 0 Å². The summed E-state index contributed by atoms with van der Waals surface area (Å²) in [7, 11) is 0. The van der Waals surface area contributed by atoms with Gasteiger partial charge in [0.05, 0.1) is 59.0 Å². The number of esters is 1. The van der Waals surface area contributed by atoms with Crippen LogP contribution in [-0.4, -0.2) is 329 Å². The van der Waals surface area contributed by atoms with Gasteiger partial charge in [-0.25, -0.2) is 4.79 Å². The van der Waals surface area contributed by atoms with Gasteiger partial charge in [-0.2, -0.15) is 0 Å². The molecule has 1 heterocycles. The predicted molar refractivity (Wildman–Crippen MR) is 185 cm³/mol. The SMILES string of the molecule is O=C(O)CN(CCN(CC(=O)O)CC(=O)O)CC(=O)O.O=C(O)CN(CCN(CC(=O)O)CC(=O)O)CC(=O)O.O=C1O[C@H]([C@@H](O)CO)C(O)=C1O.[CaH2].[NaH].[NaH]. The topological polar surface area (TPSA) is 419 Å². The van der Waals surface area contributed by atoms with Crippen molar-refractivity contribution in [2.45, 2.75) is 12.2 Å². The normalized spacial score (nSPS) is 13.4. The van der Waals surface area contributed by atoms with Gasteiger partial charge in [-0.05, 0) is 0 Å². The Labute approximate surface area is 384 Å². The van der Waals surface area contributed by atoms with E-state index in [2.05, 4.69) is 4.74 Å². The Balaban J connectivity index is -0.000000227. The first-order valence-electron chi connectivity index (χ1n) is 14.2. The quantitative estimate of drug-likeness (QED) is 0.0317. The molecule has 0 aliphatic carbocycles. The van der Waals surface area contributed by atoms with E-state index in [0.29, 0.717) is 0 Å². The van der Waals surface area contributed by atoms with Crippen LogP contribution in [0.2, 0.25) is 0 Å². The van der Waals surface area contributed by atoms with E-state index in [9.17, 15) is 43.2 Å². The third kappa shape index (κ3) is 33.4. The molecule has 0 aromatic rings. The van der Waals surface area contributed by atoms with E-state index in [1.807, 2.05) is 0 Å². The van der Waals surface area contributed by atoms with Crippen LogP contribution in [0, 0.1) is 0 Å². The van der Waals surface area contributed by atoms with Gasteiger partial charge in [-0.1, -0.05) is 0 Å². The molecule has 0 amide bonds. The molecule has 55 heavy (non-hydrogen) atoms. The molecule has 1 rings (SSSR count). The average molecular weight is 851 g/mol. The zero-order valence-electron chi connectivity index (χ0n) is 27.1. The molecular weight excluding hydrogens is 806 g/mol. The van der Waals surface area contributed by atoms with Crippen molar-refractivity contribution in [3.8, 4) is 0 Å². The van der Waals surface area contributed by atoms with Crippen LogP contribution in [0.1, 0.15) is 0 Å². The number of carboxylic acids is 8. The predicted octanol–water partition coefficient (Wildman–Crippen LogP) is -7.76. The first-order valence-corrected chi connectivity index (χ1v) is 14.2. The molecule has 0 fully saturated rings. The molecule has 1 aliphatic rings. The molecule has 0 saturated carbocycles. The van der Waals surface area contributed by atoms with Gasteiger partial charge in [0.25, 0.3) is 0 Å². The van der Waals surface area contributed by atoms with Crippen molar-refractivity contribution in [3.63, 3.8) is 0 Å². The zero-order chi connectivity index (χ0) is 40.7. The molecule has 1 aliphatic heterocycles. The fourth-order valence-electron chi connectivity index (χ4n) is 3.77. The maximum absolute atomic E-state index is 10.6. The Bertz CT molecular complexity index is 1120. The van der Waals surface area contributed by atoms with Crippen molar-refractivity contribution in [3.05, 3.63) is 11.5 Å². The summed E-state index contributed by atoms with van der Waals surface area (Å²) in [5.74, 6) is -12.6. The minimum absolute atomic E-state index is 0. The van der Waals surface area contributed by atoms with Gasteiger partial charge in [0.1, 0.15) is 6.10 Å². The van der Waals surface area contributed by atoms with Gasteiger partial charge in [0.2, 0.25) is 5.76 Å². The number of carbonyl (C=O) groups excluding carboxylic acids is 1. The zero-order valence-corrected chi connectivity index (χ0v) is 27.1. The van der Waals surface area contributed by atoms with E-state index in [4.69, 9.17) is 61.3 Å². The Morgan fingerprint density at radius 3 is 0.836 bits per heavy atom. The Morgan fingerprint density at radius 1 is 0.509 bits per heavy atom. The Morgan fingerprint density at radius 2 is 0.709 bits per heavy atom. The Hall–Kier alpha value is -2.41. The fourth-order valence-corrected chi connectivity index (χ4v) is 3.77. The number of carboxylic acid groups (broad SMARTS) is 8. The molecule has 0 aromatic heterocycles. The van der Waals surface area contributed by atoms with Crippen LogP contribution in [0.25, 0.3) is 0 Å². The number of nitrogens with zero attached hydrogens (tertiary/aromatic N) is 4. The standard InChI is InChI=1S/2C10H16N2O8.C6H8O6.Ca.2Na.4H/c2*13-7(14)3-11(4-8(15)16)1-2-12(5-9(17)18)6-10(19)20;7-1-2(8)5-3(9)4(10)6(11)12-5;;;;;;;/h2*1-6H2,(H,13,14)(H,15,16)(H,17,18)(H,19,20);2,5,7-10H,1H2;;;;;;;/t;;2-,5+;;;;;;;/m..0......./s1. The van der Waals surface area contributed by atoms with Gasteiger partial charge in [0.15, 0.2) is 11.9 Å². The summed E-state index contributed by atoms with van der Waals surface area (Å²) in [5.41, 5.74) is 0. The van der Waals surface area contributed by atoms with E-state index in [1.165, 1.54) is 0 Å². The van der Waals surface area contributed by atoms with E-state index in [0.717, 1.165) is 19.6 Å². The minimum atomic E-state index is -1.42. The third-order valence-corrected chi connectivity index (χ3v) is 5.81. The van der Waals surface area contributed by atoms with Crippen molar-refractivity contribution in [2.75, 3.05) is 85.1 Å². The van der Waals surface area contributed by atoms with Gasteiger partial charge in [-0.15, -0.1) is 0 Å². The van der Waals surface area contributed by atoms with Crippen LogP contribution >= 0.6 is 0 Å². The number of carbonyl (C=O) groups is 9. The van der Waals surface area contributed by atoms with E-state index < -0.39 is 136 Å². The molecule has 0 aromatic carbocycles. The monoisotopic (exact) mass is 850 g/mol. The second-order valence-electron chi connectivity index (χ2n) is 10.3. The number of hydrogen-bond donors (Lipinski definition) is 12. The van der Waals surface area contributed by atoms with E-state index >= 15 is 0 Å². The van der Waals surface area contributed by atoms with Gasteiger partial charge < -0.3 is 66.0 Å². The second-order valence-corrected chi connectivity index (χ2v) is 10.3. The van der Waals surface area contributed by atoms with Crippen LogP contribution < -0.4 is 0 Å². The Kier molecular flexibility index (Phi) is 37.9. The number of aliphatic carboxylic acids is 8. The van der Waals surface area contributed by atoms with Crippen LogP contribution in [0.15, 0.2) is 11.5 Å². The summed E-state index contributed by atoms with van der Waals surface area (Å²) in [5, 5.41) is 104. The summed E-state index contributed by atoms with van der Waals surface area (Å²) in [6.07, 6.45) is -2.78. The van der Waals surface area contributed by atoms with Crippen molar-refractivity contribution in [1.82, 2.24) is 19.6 Å². The summed E-state index contributed by atoms with van der Waals surface area (Å²) in [6.45, 7) is -5.17. The first-order chi connectivity index (χ1) is 24.0. The summed E-state index contributed by atoms with van der Waals surface area (Å²) >= 11 is 0. The molecule has 26 nitrogen and oxygen atoms in total. The third-order valence-electron chi connectivity index (χ3n) is 5.81.